The minimum absolute atomic E-state index is 0.634. The van der Waals surface area contributed by atoms with Crippen LogP contribution in [0.15, 0.2) is 54.6 Å². The first kappa shape index (κ1) is 9.78. The van der Waals surface area contributed by atoms with E-state index in [9.17, 15) is 0 Å². The van der Waals surface area contributed by atoms with Crippen LogP contribution in [0, 0.1) is 0 Å². The third-order valence-corrected chi connectivity index (χ3v) is 2.30. The van der Waals surface area contributed by atoms with Gasteiger partial charge in [0, 0.05) is 0 Å². The molecule has 0 unspecified atom stereocenters. The lowest BCUT2D eigenvalue weighted by Gasteiger charge is -2.04. The van der Waals surface area contributed by atoms with Crippen LogP contribution in [0.1, 0.15) is 6.92 Å². The van der Waals surface area contributed by atoms with Crippen LogP contribution < -0.4 is 4.74 Å². The molecule has 2 aromatic carbocycles. The van der Waals surface area contributed by atoms with Gasteiger partial charge in [-0.1, -0.05) is 42.5 Å². The molecule has 2 aromatic rings. The first-order valence-electron chi connectivity index (χ1n) is 5.13. The van der Waals surface area contributed by atoms with Gasteiger partial charge >= 0.3 is 0 Å². The Balaban J connectivity index is 2.23. The summed E-state index contributed by atoms with van der Waals surface area (Å²) in [5.74, 6) is 0.923. The Morgan fingerprint density at radius 2 is 1.87 bits per heavy atom. The Hall–Kier alpha value is -1.76. The van der Waals surface area contributed by atoms with E-state index in [-0.39, 0.29) is 0 Å². The van der Waals surface area contributed by atoms with E-state index in [1.807, 2.05) is 37.3 Å². The Morgan fingerprint density at radius 3 is 2.67 bits per heavy atom. The van der Waals surface area contributed by atoms with Crippen molar-refractivity contribution >= 4 is 10.8 Å². The Labute approximate surface area is 90.0 Å². The summed E-state index contributed by atoms with van der Waals surface area (Å²) in [7, 11) is 0. The Morgan fingerprint density at radius 1 is 1.07 bits per heavy atom. The number of hydrogen-bond donors (Lipinski definition) is 0. The maximum atomic E-state index is 5.57. The van der Waals surface area contributed by atoms with E-state index >= 15 is 0 Å². The van der Waals surface area contributed by atoms with E-state index in [0.717, 1.165) is 5.75 Å². The second-order valence-corrected chi connectivity index (χ2v) is 3.39. The van der Waals surface area contributed by atoms with Gasteiger partial charge in [0.1, 0.15) is 12.4 Å². The van der Waals surface area contributed by atoms with Gasteiger partial charge in [0.15, 0.2) is 0 Å². The molecule has 0 atom stereocenters. The Bertz CT molecular complexity index is 471. The fourth-order valence-electron chi connectivity index (χ4n) is 1.50. The predicted octanol–water partition coefficient (Wildman–Crippen LogP) is 3.79. The lowest BCUT2D eigenvalue weighted by Crippen LogP contribution is -1.92. The lowest BCUT2D eigenvalue weighted by molar-refractivity contribution is 0.363. The second kappa shape index (κ2) is 4.65. The van der Waals surface area contributed by atoms with Crippen LogP contribution in [0.4, 0.5) is 0 Å². The number of allylic oxidation sites excluding steroid dienone is 1. The summed E-state index contributed by atoms with van der Waals surface area (Å²) in [5.41, 5.74) is 0. The molecule has 0 fully saturated rings. The van der Waals surface area contributed by atoms with E-state index in [2.05, 4.69) is 24.3 Å². The zero-order valence-corrected chi connectivity index (χ0v) is 8.81. The zero-order chi connectivity index (χ0) is 10.5. The van der Waals surface area contributed by atoms with Gasteiger partial charge in [0.25, 0.3) is 0 Å². The highest BCUT2D eigenvalue weighted by Gasteiger charge is 1.95. The van der Waals surface area contributed by atoms with Crippen molar-refractivity contribution in [2.45, 2.75) is 6.92 Å². The lowest BCUT2D eigenvalue weighted by atomic mass is 10.1. The molecule has 0 aliphatic carbocycles. The fraction of sp³-hybridized carbons (Fsp3) is 0.143. The fourth-order valence-corrected chi connectivity index (χ4v) is 1.50. The van der Waals surface area contributed by atoms with Crippen LogP contribution in [0.5, 0.6) is 5.75 Å². The smallest absolute Gasteiger partial charge is 0.120 e. The van der Waals surface area contributed by atoms with Gasteiger partial charge in [0.05, 0.1) is 0 Å². The average molecular weight is 198 g/mol. The zero-order valence-electron chi connectivity index (χ0n) is 8.81. The SMILES string of the molecule is C/C=C/COc1ccc2ccccc2c1. The monoisotopic (exact) mass is 198 g/mol. The minimum Gasteiger partial charge on any atom is -0.490 e. The summed E-state index contributed by atoms with van der Waals surface area (Å²) in [6, 6.07) is 14.4. The van der Waals surface area contributed by atoms with Crippen LogP contribution >= 0.6 is 0 Å². The van der Waals surface area contributed by atoms with Gasteiger partial charge < -0.3 is 4.74 Å². The minimum atomic E-state index is 0.634. The molecule has 0 saturated heterocycles. The van der Waals surface area contributed by atoms with Crippen LogP contribution in [-0.4, -0.2) is 6.61 Å². The van der Waals surface area contributed by atoms with Crippen molar-refractivity contribution in [1.82, 2.24) is 0 Å². The second-order valence-electron chi connectivity index (χ2n) is 3.39. The molecule has 0 heterocycles. The highest BCUT2D eigenvalue weighted by Crippen LogP contribution is 2.20. The normalized spacial score (nSPS) is 11.0. The summed E-state index contributed by atoms with van der Waals surface area (Å²) in [6.45, 7) is 2.62. The average Bonchev–Trinajstić information content (AvgIpc) is 2.29. The summed E-state index contributed by atoms with van der Waals surface area (Å²) in [5, 5.41) is 2.46. The van der Waals surface area contributed by atoms with Gasteiger partial charge in [-0.25, -0.2) is 0 Å². The summed E-state index contributed by atoms with van der Waals surface area (Å²) in [6.07, 6.45) is 3.98. The first-order valence-corrected chi connectivity index (χ1v) is 5.13. The molecule has 0 bridgehead atoms. The van der Waals surface area contributed by atoms with E-state index < -0.39 is 0 Å². The molecule has 1 heteroatoms. The van der Waals surface area contributed by atoms with Gasteiger partial charge in [0.2, 0.25) is 0 Å². The van der Waals surface area contributed by atoms with Gasteiger partial charge in [-0.15, -0.1) is 0 Å². The molecular formula is C14H14O. The number of fused-ring (bicyclic) bond motifs is 1. The molecule has 76 valence electrons. The largest absolute Gasteiger partial charge is 0.490 e. The molecule has 15 heavy (non-hydrogen) atoms. The van der Waals surface area contributed by atoms with Crippen molar-refractivity contribution < 1.29 is 4.74 Å². The van der Waals surface area contributed by atoms with Crippen molar-refractivity contribution in [3.05, 3.63) is 54.6 Å². The maximum Gasteiger partial charge on any atom is 0.120 e. The van der Waals surface area contributed by atoms with Crippen LogP contribution in [0.3, 0.4) is 0 Å². The van der Waals surface area contributed by atoms with Gasteiger partial charge in [-0.3, -0.25) is 0 Å². The topological polar surface area (TPSA) is 9.23 Å². The van der Waals surface area contributed by atoms with Gasteiger partial charge in [-0.2, -0.15) is 0 Å². The highest BCUT2D eigenvalue weighted by molar-refractivity contribution is 5.83. The number of benzene rings is 2. The number of hydrogen-bond acceptors (Lipinski definition) is 1. The van der Waals surface area contributed by atoms with Crippen molar-refractivity contribution in [1.29, 1.82) is 0 Å². The quantitative estimate of drug-likeness (QED) is 0.682. The van der Waals surface area contributed by atoms with Crippen LogP contribution in [0.2, 0.25) is 0 Å². The third kappa shape index (κ3) is 2.38. The molecule has 0 spiro atoms. The molecule has 0 N–H and O–H groups in total. The Kier molecular flexibility index (Phi) is 3.03. The maximum absolute atomic E-state index is 5.57. The van der Waals surface area contributed by atoms with Crippen molar-refractivity contribution in [3.63, 3.8) is 0 Å². The predicted molar refractivity (Wildman–Crippen MR) is 64.3 cm³/mol. The van der Waals surface area contributed by atoms with Gasteiger partial charge in [-0.05, 0) is 29.8 Å². The highest BCUT2D eigenvalue weighted by atomic mass is 16.5. The van der Waals surface area contributed by atoms with Crippen molar-refractivity contribution in [2.75, 3.05) is 6.61 Å². The van der Waals surface area contributed by atoms with Crippen LogP contribution in [0.25, 0.3) is 10.8 Å². The van der Waals surface area contributed by atoms with Crippen LogP contribution in [-0.2, 0) is 0 Å². The molecule has 0 aliphatic heterocycles. The molecule has 0 aliphatic rings. The molecule has 0 radical (unpaired) electrons. The van der Waals surface area contributed by atoms with Crippen molar-refractivity contribution in [3.8, 4) is 5.75 Å². The molecule has 0 amide bonds. The number of rotatable bonds is 3. The van der Waals surface area contributed by atoms with Crippen molar-refractivity contribution in [2.24, 2.45) is 0 Å². The molecule has 0 saturated carbocycles. The third-order valence-electron chi connectivity index (χ3n) is 2.30. The summed E-state index contributed by atoms with van der Waals surface area (Å²) >= 11 is 0. The number of ether oxygens (including phenoxy) is 1. The molecule has 2 rings (SSSR count). The molecule has 1 nitrogen and oxygen atoms in total. The summed E-state index contributed by atoms with van der Waals surface area (Å²) in [4.78, 5) is 0. The van der Waals surface area contributed by atoms with E-state index in [1.54, 1.807) is 0 Å². The summed E-state index contributed by atoms with van der Waals surface area (Å²) < 4.78 is 5.57. The van der Waals surface area contributed by atoms with E-state index in [1.165, 1.54) is 10.8 Å². The van der Waals surface area contributed by atoms with E-state index in [4.69, 9.17) is 4.74 Å². The molecular weight excluding hydrogens is 184 g/mol. The first-order chi connectivity index (χ1) is 7.40. The standard InChI is InChI=1S/C14H14O/c1-2-3-10-15-14-9-8-12-6-4-5-7-13(12)11-14/h2-9,11H,10H2,1H3/b3-2+. The molecule has 0 aromatic heterocycles. The van der Waals surface area contributed by atoms with E-state index in [0.29, 0.717) is 6.61 Å².